The van der Waals surface area contributed by atoms with E-state index in [2.05, 4.69) is 24.1 Å². The molecule has 0 saturated heterocycles. The lowest BCUT2D eigenvalue weighted by molar-refractivity contribution is -0.122. The lowest BCUT2D eigenvalue weighted by atomic mass is 9.99. The molecule has 0 fully saturated rings. The van der Waals surface area contributed by atoms with E-state index in [0.717, 1.165) is 30.3 Å². The summed E-state index contributed by atoms with van der Waals surface area (Å²) in [7, 11) is 0. The molecule has 1 aromatic heterocycles. The number of aromatic amines is 1. The van der Waals surface area contributed by atoms with Crippen LogP contribution in [0.2, 0.25) is 0 Å². The first-order valence-electron chi connectivity index (χ1n) is 8.55. The Balaban J connectivity index is 2.08. The molecule has 0 saturated carbocycles. The van der Waals surface area contributed by atoms with E-state index >= 15 is 0 Å². The van der Waals surface area contributed by atoms with Crippen molar-refractivity contribution in [1.82, 2.24) is 14.9 Å². The number of unbranched alkanes of at least 4 members (excludes halogenated alkanes) is 1. The van der Waals surface area contributed by atoms with Crippen molar-refractivity contribution in [1.29, 1.82) is 0 Å². The molecule has 6 nitrogen and oxygen atoms in total. The Morgan fingerprint density at radius 1 is 1.25 bits per heavy atom. The zero-order valence-electron chi connectivity index (χ0n) is 14.3. The van der Waals surface area contributed by atoms with Gasteiger partial charge in [-0.3, -0.25) is 14.2 Å². The molecule has 0 bridgehead atoms. The number of nitrogens with one attached hydrogen (secondary N) is 2. The summed E-state index contributed by atoms with van der Waals surface area (Å²) < 4.78 is 0.949. The molecule has 2 N–H and O–H groups in total. The number of aromatic nitrogens is 2. The van der Waals surface area contributed by atoms with Crippen LogP contribution in [0, 0.1) is 5.92 Å². The van der Waals surface area contributed by atoms with E-state index in [1.807, 2.05) is 0 Å². The molecule has 130 valence electrons. The van der Waals surface area contributed by atoms with Gasteiger partial charge in [-0.2, -0.15) is 0 Å². The molecule has 0 radical (unpaired) electrons. The quantitative estimate of drug-likeness (QED) is 0.776. The van der Waals surface area contributed by atoms with Crippen LogP contribution < -0.4 is 16.6 Å². The third-order valence-electron chi connectivity index (χ3n) is 4.32. The predicted molar refractivity (Wildman–Crippen MR) is 95.1 cm³/mol. The number of hydrogen-bond acceptors (Lipinski definition) is 3. The maximum atomic E-state index is 12.4. The number of hydrogen-bond donors (Lipinski definition) is 2. The number of rotatable bonds is 8. The summed E-state index contributed by atoms with van der Waals surface area (Å²) in [5, 5.41) is 3.24. The Morgan fingerprint density at radius 3 is 2.71 bits per heavy atom. The van der Waals surface area contributed by atoms with Crippen molar-refractivity contribution in [2.24, 2.45) is 5.92 Å². The van der Waals surface area contributed by atoms with Crippen LogP contribution in [0.4, 0.5) is 0 Å². The van der Waals surface area contributed by atoms with E-state index in [1.165, 1.54) is 0 Å². The molecule has 1 unspecified atom stereocenters. The zero-order valence-corrected chi connectivity index (χ0v) is 14.3. The highest BCUT2D eigenvalue weighted by Crippen LogP contribution is 2.11. The number of para-hydroxylation sites is 1. The highest BCUT2D eigenvalue weighted by Gasteiger charge is 2.12. The number of carbonyl (C=O) groups excluding carboxylic acids is 1. The van der Waals surface area contributed by atoms with Gasteiger partial charge in [-0.15, -0.1) is 0 Å². The Bertz CT molecular complexity index is 807. The van der Waals surface area contributed by atoms with Gasteiger partial charge in [0.15, 0.2) is 0 Å². The fourth-order valence-electron chi connectivity index (χ4n) is 2.74. The number of H-pyrrole nitrogens is 1. The predicted octanol–water partition coefficient (Wildman–Crippen LogP) is 2.02. The minimum absolute atomic E-state index is 0.261. The van der Waals surface area contributed by atoms with Gasteiger partial charge in [0.1, 0.15) is 6.54 Å². The summed E-state index contributed by atoms with van der Waals surface area (Å²) in [6.45, 7) is 4.56. The number of benzene rings is 1. The average Bonchev–Trinajstić information content (AvgIpc) is 2.59. The van der Waals surface area contributed by atoms with Gasteiger partial charge in [-0.25, -0.2) is 4.79 Å². The molecule has 6 heteroatoms. The van der Waals surface area contributed by atoms with Crippen molar-refractivity contribution in [2.45, 2.75) is 46.1 Å². The molecule has 2 rings (SSSR count). The summed E-state index contributed by atoms with van der Waals surface area (Å²) in [4.78, 5) is 39.2. The standard InChI is InChI=1S/C18H25N3O3/c1-3-5-8-13(4-2)11-19-16(22)12-21-17(23)14-9-6-7-10-15(14)20-18(21)24/h6-7,9-10,13H,3-5,8,11-12H2,1-2H3,(H,19,22)(H,20,24). The molecule has 0 aliphatic rings. The van der Waals surface area contributed by atoms with E-state index in [9.17, 15) is 14.4 Å². The minimum atomic E-state index is -0.563. The van der Waals surface area contributed by atoms with Gasteiger partial charge >= 0.3 is 5.69 Å². The van der Waals surface area contributed by atoms with E-state index in [4.69, 9.17) is 0 Å². The summed E-state index contributed by atoms with van der Waals surface area (Å²) in [5.74, 6) is 0.119. The number of carbonyl (C=O) groups is 1. The third-order valence-corrected chi connectivity index (χ3v) is 4.32. The summed E-state index contributed by atoms with van der Waals surface area (Å²) in [6.07, 6.45) is 4.34. The van der Waals surface area contributed by atoms with Crippen molar-refractivity contribution in [3.05, 3.63) is 45.1 Å². The molecular formula is C18H25N3O3. The Morgan fingerprint density at radius 2 is 2.00 bits per heavy atom. The molecule has 1 atom stereocenters. The van der Waals surface area contributed by atoms with E-state index in [-0.39, 0.29) is 12.5 Å². The Labute approximate surface area is 140 Å². The molecule has 1 heterocycles. The molecule has 24 heavy (non-hydrogen) atoms. The van der Waals surface area contributed by atoms with Crippen LogP contribution in [-0.4, -0.2) is 22.0 Å². The summed E-state index contributed by atoms with van der Waals surface area (Å²) in [6, 6.07) is 6.78. The first kappa shape index (κ1) is 18.0. The van der Waals surface area contributed by atoms with Gasteiger partial charge in [-0.05, 0) is 24.5 Å². The van der Waals surface area contributed by atoms with Gasteiger partial charge in [0.2, 0.25) is 5.91 Å². The van der Waals surface area contributed by atoms with Gasteiger partial charge in [0.05, 0.1) is 10.9 Å². The maximum Gasteiger partial charge on any atom is 0.329 e. The molecule has 1 amide bonds. The van der Waals surface area contributed by atoms with Crippen LogP contribution in [-0.2, 0) is 11.3 Å². The lowest BCUT2D eigenvalue weighted by Crippen LogP contribution is -2.41. The molecule has 1 aromatic carbocycles. The smallest absolute Gasteiger partial charge is 0.329 e. The monoisotopic (exact) mass is 331 g/mol. The molecule has 2 aromatic rings. The van der Waals surface area contributed by atoms with Gasteiger partial charge < -0.3 is 10.3 Å². The van der Waals surface area contributed by atoms with Crippen LogP contribution in [0.15, 0.2) is 33.9 Å². The van der Waals surface area contributed by atoms with E-state index in [1.54, 1.807) is 24.3 Å². The Hall–Kier alpha value is -2.37. The van der Waals surface area contributed by atoms with Gasteiger partial charge in [0, 0.05) is 6.54 Å². The zero-order chi connectivity index (χ0) is 17.5. The summed E-state index contributed by atoms with van der Waals surface area (Å²) >= 11 is 0. The number of nitrogens with zero attached hydrogens (tertiary/aromatic N) is 1. The van der Waals surface area contributed by atoms with Crippen molar-refractivity contribution in [2.75, 3.05) is 6.54 Å². The van der Waals surface area contributed by atoms with Gasteiger partial charge in [-0.1, -0.05) is 45.2 Å². The topological polar surface area (TPSA) is 84.0 Å². The fraction of sp³-hybridized carbons (Fsp3) is 0.500. The first-order chi connectivity index (χ1) is 11.6. The first-order valence-corrected chi connectivity index (χ1v) is 8.55. The van der Waals surface area contributed by atoms with Crippen molar-refractivity contribution in [3.63, 3.8) is 0 Å². The van der Waals surface area contributed by atoms with Crippen LogP contribution in [0.25, 0.3) is 10.9 Å². The van der Waals surface area contributed by atoms with Crippen molar-refractivity contribution >= 4 is 16.8 Å². The van der Waals surface area contributed by atoms with Crippen LogP contribution in [0.5, 0.6) is 0 Å². The maximum absolute atomic E-state index is 12.4. The SMILES string of the molecule is CCCCC(CC)CNC(=O)Cn1c(=O)[nH]c2ccccc2c1=O. The lowest BCUT2D eigenvalue weighted by Gasteiger charge is -2.15. The molecule has 0 aliphatic heterocycles. The van der Waals surface area contributed by atoms with Crippen LogP contribution in [0.3, 0.4) is 0 Å². The molecule has 0 aliphatic carbocycles. The van der Waals surface area contributed by atoms with Crippen LogP contribution in [0.1, 0.15) is 39.5 Å². The fourth-order valence-corrected chi connectivity index (χ4v) is 2.74. The number of amides is 1. The van der Waals surface area contributed by atoms with E-state index < -0.39 is 11.2 Å². The minimum Gasteiger partial charge on any atom is -0.354 e. The third kappa shape index (κ3) is 4.34. The normalized spacial score (nSPS) is 12.2. The van der Waals surface area contributed by atoms with E-state index in [0.29, 0.717) is 23.4 Å². The van der Waals surface area contributed by atoms with Crippen LogP contribution >= 0.6 is 0 Å². The number of fused-ring (bicyclic) bond motifs is 1. The molecular weight excluding hydrogens is 306 g/mol. The Kier molecular flexibility index (Phi) is 6.35. The second kappa shape index (κ2) is 8.47. The largest absolute Gasteiger partial charge is 0.354 e. The summed E-state index contributed by atoms with van der Waals surface area (Å²) in [5.41, 5.74) is -0.524. The van der Waals surface area contributed by atoms with Crippen molar-refractivity contribution in [3.8, 4) is 0 Å². The van der Waals surface area contributed by atoms with Crippen molar-refractivity contribution < 1.29 is 4.79 Å². The second-order valence-electron chi connectivity index (χ2n) is 6.09. The highest BCUT2D eigenvalue weighted by atomic mass is 16.2. The average molecular weight is 331 g/mol. The van der Waals surface area contributed by atoms with Gasteiger partial charge in [0.25, 0.3) is 5.56 Å². The second-order valence-corrected chi connectivity index (χ2v) is 6.09. The molecule has 0 spiro atoms. The highest BCUT2D eigenvalue weighted by molar-refractivity contribution is 5.78.